The molecular weight excluding hydrogens is 460 g/mol. The summed E-state index contributed by atoms with van der Waals surface area (Å²) < 4.78 is 131. The summed E-state index contributed by atoms with van der Waals surface area (Å²) in [6.45, 7) is 0. The van der Waals surface area contributed by atoms with Crippen molar-refractivity contribution in [1.29, 1.82) is 0 Å². The summed E-state index contributed by atoms with van der Waals surface area (Å²) in [5.74, 6) is -12.4. The van der Waals surface area contributed by atoms with Crippen LogP contribution in [-0.4, -0.2) is 25.9 Å². The van der Waals surface area contributed by atoms with Crippen LogP contribution in [-0.2, 0) is 20.2 Å². The van der Waals surface area contributed by atoms with E-state index in [2.05, 4.69) is 0 Å². The fraction of sp³-hybridized carbons (Fsp3) is 0. The Balaban J connectivity index is 2.18. The lowest BCUT2D eigenvalue weighted by atomic mass is 10.1. The van der Waals surface area contributed by atoms with Crippen molar-refractivity contribution in [3.8, 4) is 23.0 Å². The van der Waals surface area contributed by atoms with E-state index < -0.39 is 76.3 Å². The van der Waals surface area contributed by atoms with Crippen LogP contribution >= 0.6 is 0 Å². The van der Waals surface area contributed by atoms with Crippen molar-refractivity contribution in [2.24, 2.45) is 0 Å². The number of halogens is 4. The highest BCUT2D eigenvalue weighted by molar-refractivity contribution is 7.86. The maximum absolute atomic E-state index is 14.2. The molecule has 0 amide bonds. The van der Waals surface area contributed by atoms with E-state index in [0.29, 0.717) is 12.1 Å². The second-order valence-electron chi connectivity index (χ2n) is 6.01. The second kappa shape index (κ2) is 6.28. The summed E-state index contributed by atoms with van der Waals surface area (Å²) in [7, 11) is -9.84. The number of fused-ring (bicyclic) bond motifs is 1. The van der Waals surface area contributed by atoms with Crippen molar-refractivity contribution < 1.29 is 53.0 Å². The molecule has 0 unspecified atom stereocenters. The molecule has 30 heavy (non-hydrogen) atoms. The van der Waals surface area contributed by atoms with Crippen LogP contribution in [0.5, 0.6) is 23.0 Å². The van der Waals surface area contributed by atoms with Crippen LogP contribution in [0.15, 0.2) is 34.1 Å². The molecule has 4 rings (SSSR count). The molecule has 0 saturated carbocycles. The highest BCUT2D eigenvalue weighted by atomic mass is 32.2. The van der Waals surface area contributed by atoms with Crippen LogP contribution in [0.4, 0.5) is 17.6 Å². The Morgan fingerprint density at radius 2 is 1.00 bits per heavy atom. The molecule has 0 bridgehead atoms. The lowest BCUT2D eigenvalue weighted by Gasteiger charge is -2.11. The van der Waals surface area contributed by atoms with Gasteiger partial charge in [0.15, 0.2) is 0 Å². The third-order valence-electron chi connectivity index (χ3n) is 4.13. The summed E-state index contributed by atoms with van der Waals surface area (Å²) in [5, 5.41) is -0.606. The third-order valence-corrected chi connectivity index (χ3v) is 5.79. The Bertz CT molecular complexity index is 1380. The predicted molar refractivity (Wildman–Crippen MR) is 90.0 cm³/mol. The maximum Gasteiger partial charge on any atom is 0.294 e. The van der Waals surface area contributed by atoms with E-state index in [0.717, 1.165) is 12.1 Å². The fourth-order valence-electron chi connectivity index (χ4n) is 2.84. The standard InChI is InChI=1S/C16H6F4O8S2/c17-11-12(18)14(20)16-15(13(11)19)27-8-3-6(29(21,22)23)1-5-2-7(30(24,25)26)4-9(28-16)10(5)8/h1-4H,(H,21,22,23)(H,24,25,26). The molecule has 0 fully saturated rings. The third kappa shape index (κ3) is 3.04. The molecular formula is C16H6F4O8S2. The maximum atomic E-state index is 14.2. The SMILES string of the molecule is O=S(=O)(O)c1cc2c3c(cc(S(=O)(=O)O)cc3c1)Oc1c(F)c(F)c(F)c(F)c1O2. The monoisotopic (exact) mass is 466 g/mol. The predicted octanol–water partition coefficient (Wildman–Crippen LogP) is 3.79. The van der Waals surface area contributed by atoms with Crippen molar-refractivity contribution in [3.05, 3.63) is 47.5 Å². The summed E-state index contributed by atoms with van der Waals surface area (Å²) in [5.41, 5.74) is 0. The molecule has 0 saturated heterocycles. The van der Waals surface area contributed by atoms with Crippen LogP contribution in [0.2, 0.25) is 0 Å². The molecule has 2 N–H and O–H groups in total. The van der Waals surface area contributed by atoms with Gasteiger partial charge in [-0.1, -0.05) is 0 Å². The molecule has 1 aliphatic rings. The van der Waals surface area contributed by atoms with Gasteiger partial charge < -0.3 is 9.47 Å². The second-order valence-corrected chi connectivity index (χ2v) is 8.85. The van der Waals surface area contributed by atoms with E-state index in [4.69, 9.17) is 9.47 Å². The summed E-state index contributed by atoms with van der Waals surface area (Å²) in [4.78, 5) is -1.73. The first-order chi connectivity index (χ1) is 13.8. The van der Waals surface area contributed by atoms with Gasteiger partial charge in [-0.15, -0.1) is 0 Å². The van der Waals surface area contributed by atoms with E-state index >= 15 is 0 Å². The average molecular weight is 466 g/mol. The largest absolute Gasteiger partial charge is 0.449 e. The molecule has 8 nitrogen and oxygen atoms in total. The van der Waals surface area contributed by atoms with E-state index in [-0.39, 0.29) is 10.8 Å². The van der Waals surface area contributed by atoms with Crippen LogP contribution in [0, 0.1) is 23.3 Å². The number of hydrogen-bond acceptors (Lipinski definition) is 6. The van der Waals surface area contributed by atoms with Gasteiger partial charge in [0.25, 0.3) is 20.2 Å². The van der Waals surface area contributed by atoms with Gasteiger partial charge in [0.2, 0.25) is 34.8 Å². The molecule has 3 aromatic carbocycles. The van der Waals surface area contributed by atoms with Gasteiger partial charge in [0.05, 0.1) is 15.2 Å². The molecule has 0 atom stereocenters. The molecule has 14 heteroatoms. The normalized spacial score (nSPS) is 13.4. The number of hydrogen-bond donors (Lipinski definition) is 2. The van der Waals surface area contributed by atoms with Crippen molar-refractivity contribution in [1.82, 2.24) is 0 Å². The Morgan fingerprint density at radius 1 is 0.633 bits per heavy atom. The number of benzene rings is 3. The number of rotatable bonds is 2. The summed E-state index contributed by atoms with van der Waals surface area (Å²) in [6, 6.07) is 2.79. The van der Waals surface area contributed by atoms with Gasteiger partial charge in [0.1, 0.15) is 11.5 Å². The zero-order chi connectivity index (χ0) is 22.2. The molecule has 1 heterocycles. The van der Waals surface area contributed by atoms with E-state index in [1.54, 1.807) is 0 Å². The van der Waals surface area contributed by atoms with Gasteiger partial charge in [0, 0.05) is 12.1 Å². The Morgan fingerprint density at radius 3 is 1.33 bits per heavy atom. The molecule has 1 aliphatic heterocycles. The summed E-state index contributed by atoms with van der Waals surface area (Å²) >= 11 is 0. The smallest absolute Gasteiger partial charge is 0.294 e. The van der Waals surface area contributed by atoms with Gasteiger partial charge in [-0.25, -0.2) is 8.78 Å². The minimum absolute atomic E-state index is 0.273. The van der Waals surface area contributed by atoms with Gasteiger partial charge in [-0.05, 0) is 17.5 Å². The number of ether oxygens (including phenoxy) is 2. The lowest BCUT2D eigenvalue weighted by Crippen LogP contribution is -2.02. The van der Waals surface area contributed by atoms with Crippen molar-refractivity contribution in [2.75, 3.05) is 0 Å². The van der Waals surface area contributed by atoms with E-state index in [1.807, 2.05) is 0 Å². The van der Waals surface area contributed by atoms with Crippen LogP contribution in [0.1, 0.15) is 0 Å². The lowest BCUT2D eigenvalue weighted by molar-refractivity contribution is 0.338. The average Bonchev–Trinajstić information content (AvgIpc) is 2.81. The van der Waals surface area contributed by atoms with Crippen LogP contribution in [0.25, 0.3) is 10.8 Å². The summed E-state index contributed by atoms with van der Waals surface area (Å²) in [6.07, 6.45) is 0. The Hall–Kier alpha value is -2.94. The molecule has 3 aromatic rings. The molecule has 0 aliphatic carbocycles. The van der Waals surface area contributed by atoms with Crippen molar-refractivity contribution in [2.45, 2.75) is 9.79 Å². The van der Waals surface area contributed by atoms with Gasteiger partial charge >= 0.3 is 0 Å². The molecule has 0 radical (unpaired) electrons. The minimum Gasteiger partial charge on any atom is -0.449 e. The molecule has 0 spiro atoms. The van der Waals surface area contributed by atoms with E-state index in [1.165, 1.54) is 0 Å². The van der Waals surface area contributed by atoms with Gasteiger partial charge in [-0.3, -0.25) is 9.11 Å². The zero-order valence-corrected chi connectivity index (χ0v) is 15.6. The topological polar surface area (TPSA) is 127 Å². The molecule has 0 aromatic heterocycles. The van der Waals surface area contributed by atoms with Crippen molar-refractivity contribution in [3.63, 3.8) is 0 Å². The van der Waals surface area contributed by atoms with E-state index in [9.17, 15) is 43.5 Å². The first-order valence-electron chi connectivity index (χ1n) is 7.57. The van der Waals surface area contributed by atoms with Crippen molar-refractivity contribution >= 4 is 31.0 Å². The first kappa shape index (κ1) is 20.3. The highest BCUT2D eigenvalue weighted by Gasteiger charge is 2.33. The zero-order valence-electron chi connectivity index (χ0n) is 14.0. The first-order valence-corrected chi connectivity index (χ1v) is 10.5. The van der Waals surface area contributed by atoms with Crippen LogP contribution in [0.3, 0.4) is 0 Å². The Labute approximate surface area is 164 Å². The van der Waals surface area contributed by atoms with Gasteiger partial charge in [-0.2, -0.15) is 25.6 Å². The highest BCUT2D eigenvalue weighted by Crippen LogP contribution is 2.50. The fourth-order valence-corrected chi connectivity index (χ4v) is 3.90. The minimum atomic E-state index is -4.92. The quantitative estimate of drug-likeness (QED) is 0.198. The van der Waals surface area contributed by atoms with Crippen LogP contribution < -0.4 is 9.47 Å². The molecule has 158 valence electrons. The Kier molecular flexibility index (Phi) is 4.26.